The first-order chi connectivity index (χ1) is 9.48. The van der Waals surface area contributed by atoms with Crippen LogP contribution < -0.4 is 5.32 Å². The molecule has 0 saturated heterocycles. The van der Waals surface area contributed by atoms with Crippen molar-refractivity contribution < 1.29 is 4.79 Å². The smallest absolute Gasteiger partial charge is 0.227 e. The van der Waals surface area contributed by atoms with Gasteiger partial charge < -0.3 is 5.32 Å². The minimum absolute atomic E-state index is 0.0756. The molecule has 0 aromatic heterocycles. The van der Waals surface area contributed by atoms with Crippen molar-refractivity contribution in [1.82, 2.24) is 5.32 Å². The van der Waals surface area contributed by atoms with Gasteiger partial charge in [0.25, 0.3) is 0 Å². The van der Waals surface area contributed by atoms with Gasteiger partial charge in [-0.1, -0.05) is 26.2 Å². The van der Waals surface area contributed by atoms with Gasteiger partial charge in [-0.05, 0) is 62.2 Å². The zero-order valence-corrected chi connectivity index (χ0v) is 12.9. The van der Waals surface area contributed by atoms with E-state index in [-0.39, 0.29) is 17.4 Å². The first-order valence-corrected chi connectivity index (χ1v) is 8.26. The molecular weight excluding hydrogens is 246 g/mol. The van der Waals surface area contributed by atoms with Crippen molar-refractivity contribution in [2.24, 2.45) is 22.7 Å². The Morgan fingerprint density at radius 3 is 2.50 bits per heavy atom. The van der Waals surface area contributed by atoms with Crippen molar-refractivity contribution >= 4 is 5.91 Å². The average molecular weight is 273 g/mol. The van der Waals surface area contributed by atoms with Crippen molar-refractivity contribution in [3.8, 4) is 12.3 Å². The van der Waals surface area contributed by atoms with Gasteiger partial charge in [-0.3, -0.25) is 4.79 Å². The van der Waals surface area contributed by atoms with Crippen molar-refractivity contribution in [3.05, 3.63) is 0 Å². The Labute approximate surface area is 123 Å². The van der Waals surface area contributed by atoms with Crippen molar-refractivity contribution in [1.29, 1.82) is 0 Å². The topological polar surface area (TPSA) is 29.1 Å². The van der Waals surface area contributed by atoms with E-state index in [0.717, 1.165) is 43.9 Å². The lowest BCUT2D eigenvalue weighted by molar-refractivity contribution is -0.155. The monoisotopic (exact) mass is 273 g/mol. The molecule has 0 radical (unpaired) electrons. The molecule has 4 saturated carbocycles. The van der Waals surface area contributed by atoms with Crippen molar-refractivity contribution in [2.45, 2.75) is 71.3 Å². The summed E-state index contributed by atoms with van der Waals surface area (Å²) in [4.78, 5) is 12.9. The van der Waals surface area contributed by atoms with E-state index in [9.17, 15) is 4.79 Å². The van der Waals surface area contributed by atoms with Gasteiger partial charge in [0.15, 0.2) is 0 Å². The zero-order chi connectivity index (χ0) is 14.4. The van der Waals surface area contributed by atoms with E-state index in [0.29, 0.717) is 5.41 Å². The van der Waals surface area contributed by atoms with Crippen LogP contribution in [-0.4, -0.2) is 11.9 Å². The SMILES string of the molecule is C#CC(CCC)NC(=O)C12CC3CC(CC(C)(C3)C1)C2. The van der Waals surface area contributed by atoms with Crippen molar-refractivity contribution in [2.75, 3.05) is 0 Å². The maximum Gasteiger partial charge on any atom is 0.227 e. The largest absolute Gasteiger partial charge is 0.342 e. The van der Waals surface area contributed by atoms with Crippen LogP contribution in [0, 0.1) is 35.0 Å². The fourth-order valence-electron chi connectivity index (χ4n) is 5.78. The molecule has 0 aliphatic heterocycles. The summed E-state index contributed by atoms with van der Waals surface area (Å²) in [5.74, 6) is 4.56. The molecular formula is C18H27NO. The molecule has 3 atom stereocenters. The van der Waals surface area contributed by atoms with Crippen LogP contribution in [0.2, 0.25) is 0 Å². The molecule has 1 amide bonds. The number of rotatable bonds is 4. The quantitative estimate of drug-likeness (QED) is 0.780. The molecule has 20 heavy (non-hydrogen) atoms. The van der Waals surface area contributed by atoms with Crippen LogP contribution >= 0.6 is 0 Å². The molecule has 1 N–H and O–H groups in total. The number of nitrogens with one attached hydrogen (secondary N) is 1. The molecule has 4 aliphatic carbocycles. The minimum Gasteiger partial charge on any atom is -0.342 e. The van der Waals surface area contributed by atoms with E-state index in [1.807, 2.05) is 0 Å². The van der Waals surface area contributed by atoms with E-state index in [4.69, 9.17) is 6.42 Å². The molecule has 0 aromatic carbocycles. The number of carbonyl (C=O) groups is 1. The highest BCUT2D eigenvalue weighted by atomic mass is 16.2. The highest BCUT2D eigenvalue weighted by Crippen LogP contribution is 2.65. The van der Waals surface area contributed by atoms with Gasteiger partial charge in [-0.2, -0.15) is 0 Å². The van der Waals surface area contributed by atoms with Gasteiger partial charge in [0, 0.05) is 0 Å². The molecule has 4 fully saturated rings. The molecule has 4 aliphatic rings. The summed E-state index contributed by atoms with van der Waals surface area (Å²) in [6.07, 6.45) is 14.8. The number of terminal acetylenes is 1. The summed E-state index contributed by atoms with van der Waals surface area (Å²) in [7, 11) is 0. The first kappa shape index (κ1) is 14.0. The standard InChI is InChI=1S/C18H27NO/c1-4-6-15(5-2)19-16(20)18-10-13-7-14(11-18)9-17(3,8-13)12-18/h2,13-15H,4,6-12H2,1,3H3,(H,19,20). The van der Waals surface area contributed by atoms with Gasteiger partial charge in [-0.15, -0.1) is 6.42 Å². The molecule has 2 nitrogen and oxygen atoms in total. The predicted octanol–water partition coefficient (Wildman–Crippen LogP) is 3.51. The van der Waals surface area contributed by atoms with Crippen molar-refractivity contribution in [3.63, 3.8) is 0 Å². The number of amides is 1. The lowest BCUT2D eigenvalue weighted by Gasteiger charge is -2.60. The van der Waals surface area contributed by atoms with Crippen LogP contribution in [0.25, 0.3) is 0 Å². The fourth-order valence-corrected chi connectivity index (χ4v) is 5.78. The molecule has 2 heteroatoms. The molecule has 4 bridgehead atoms. The molecule has 110 valence electrons. The van der Waals surface area contributed by atoms with E-state index in [1.54, 1.807) is 0 Å². The summed E-state index contributed by atoms with van der Waals surface area (Å²) >= 11 is 0. The van der Waals surface area contributed by atoms with Gasteiger partial charge in [-0.25, -0.2) is 0 Å². The Balaban J connectivity index is 1.76. The zero-order valence-electron chi connectivity index (χ0n) is 12.9. The molecule has 4 rings (SSSR count). The van der Waals surface area contributed by atoms with E-state index < -0.39 is 0 Å². The molecule has 0 heterocycles. The summed E-state index contributed by atoms with van der Waals surface area (Å²) in [5, 5.41) is 3.17. The summed E-state index contributed by atoms with van der Waals surface area (Å²) in [6, 6.07) is -0.0756. The number of hydrogen-bond donors (Lipinski definition) is 1. The lowest BCUT2D eigenvalue weighted by Crippen LogP contribution is -2.57. The summed E-state index contributed by atoms with van der Waals surface area (Å²) in [5.41, 5.74) is 0.319. The van der Waals surface area contributed by atoms with Gasteiger partial charge in [0.2, 0.25) is 5.91 Å². The third-order valence-corrected chi connectivity index (χ3v) is 5.92. The molecule has 0 spiro atoms. The Hall–Kier alpha value is -0.970. The van der Waals surface area contributed by atoms with E-state index in [2.05, 4.69) is 25.1 Å². The van der Waals surface area contributed by atoms with Gasteiger partial charge in [0.1, 0.15) is 0 Å². The van der Waals surface area contributed by atoms with Crippen LogP contribution in [0.1, 0.15) is 65.2 Å². The van der Waals surface area contributed by atoms with Crippen LogP contribution in [0.3, 0.4) is 0 Å². The second-order valence-electron chi connectivity index (χ2n) is 8.03. The Morgan fingerprint density at radius 2 is 2.00 bits per heavy atom. The predicted molar refractivity (Wildman–Crippen MR) is 80.9 cm³/mol. The third-order valence-electron chi connectivity index (χ3n) is 5.92. The lowest BCUT2D eigenvalue weighted by atomic mass is 9.44. The second kappa shape index (κ2) is 4.79. The van der Waals surface area contributed by atoms with Crippen LogP contribution in [-0.2, 0) is 4.79 Å². The highest BCUT2D eigenvalue weighted by Gasteiger charge is 2.58. The molecule has 0 aromatic rings. The second-order valence-corrected chi connectivity index (χ2v) is 8.03. The fraction of sp³-hybridized carbons (Fsp3) is 0.833. The van der Waals surface area contributed by atoms with Crippen LogP contribution in [0.15, 0.2) is 0 Å². The summed E-state index contributed by atoms with van der Waals surface area (Å²) < 4.78 is 0. The highest BCUT2D eigenvalue weighted by molar-refractivity contribution is 5.83. The molecule has 3 unspecified atom stereocenters. The normalized spacial score (nSPS) is 43.0. The maximum absolute atomic E-state index is 12.9. The van der Waals surface area contributed by atoms with Gasteiger partial charge >= 0.3 is 0 Å². The summed E-state index contributed by atoms with van der Waals surface area (Å²) in [6.45, 7) is 4.51. The average Bonchev–Trinajstić information content (AvgIpc) is 2.35. The number of carbonyl (C=O) groups excluding carboxylic acids is 1. The first-order valence-electron chi connectivity index (χ1n) is 8.26. The van der Waals surface area contributed by atoms with Gasteiger partial charge in [0.05, 0.1) is 11.5 Å². The Morgan fingerprint density at radius 1 is 1.35 bits per heavy atom. The minimum atomic E-state index is -0.0956. The van der Waals surface area contributed by atoms with E-state index in [1.165, 1.54) is 19.3 Å². The maximum atomic E-state index is 12.9. The Bertz CT molecular complexity index is 433. The van der Waals surface area contributed by atoms with Crippen LogP contribution in [0.5, 0.6) is 0 Å². The van der Waals surface area contributed by atoms with E-state index >= 15 is 0 Å². The Kier molecular flexibility index (Phi) is 3.35. The number of hydrogen-bond acceptors (Lipinski definition) is 1. The third kappa shape index (κ3) is 2.26. The van der Waals surface area contributed by atoms with Crippen LogP contribution in [0.4, 0.5) is 0 Å².